The Labute approximate surface area is 115 Å². The van der Waals surface area contributed by atoms with Gasteiger partial charge in [0.05, 0.1) is 6.04 Å². The minimum absolute atomic E-state index is 0.0818. The molecule has 0 bridgehead atoms. The summed E-state index contributed by atoms with van der Waals surface area (Å²) in [7, 11) is 0. The number of hydrogen-bond donors (Lipinski definition) is 2. The Morgan fingerprint density at radius 1 is 1.37 bits per heavy atom. The summed E-state index contributed by atoms with van der Waals surface area (Å²) in [6, 6.07) is 8.88. The van der Waals surface area contributed by atoms with E-state index in [1.54, 1.807) is 0 Å². The van der Waals surface area contributed by atoms with Crippen molar-refractivity contribution in [2.24, 2.45) is 5.92 Å². The van der Waals surface area contributed by atoms with Crippen LogP contribution >= 0.6 is 0 Å². The second kappa shape index (κ2) is 6.20. The molecule has 2 unspecified atom stereocenters. The number of rotatable bonds is 3. The lowest BCUT2D eigenvalue weighted by molar-refractivity contribution is -0.126. The van der Waals surface area contributed by atoms with Gasteiger partial charge in [-0.3, -0.25) is 4.79 Å². The number of carbonyl (C=O) groups excluding carboxylic acids is 1. The van der Waals surface area contributed by atoms with Crippen molar-refractivity contribution in [3.63, 3.8) is 0 Å². The number of benzene rings is 1. The second-order valence-electron chi connectivity index (χ2n) is 5.72. The fourth-order valence-corrected chi connectivity index (χ4v) is 2.64. The largest absolute Gasteiger partial charge is 0.349 e. The van der Waals surface area contributed by atoms with Gasteiger partial charge in [0.25, 0.3) is 0 Å². The summed E-state index contributed by atoms with van der Waals surface area (Å²) >= 11 is 0. The minimum atomic E-state index is 0.0818. The van der Waals surface area contributed by atoms with Crippen LogP contribution in [0.4, 0.5) is 0 Å². The highest BCUT2D eigenvalue weighted by Gasteiger charge is 2.25. The molecule has 104 valence electrons. The highest BCUT2D eigenvalue weighted by Crippen LogP contribution is 2.19. The number of piperidine rings is 1. The lowest BCUT2D eigenvalue weighted by Crippen LogP contribution is -2.42. The summed E-state index contributed by atoms with van der Waals surface area (Å²) in [5.41, 5.74) is 2.41. The van der Waals surface area contributed by atoms with E-state index in [1.165, 1.54) is 11.1 Å². The van der Waals surface area contributed by atoms with Crippen LogP contribution in [0.2, 0.25) is 0 Å². The summed E-state index contributed by atoms with van der Waals surface area (Å²) in [6.45, 7) is 7.21. The first-order valence-corrected chi connectivity index (χ1v) is 7.16. The molecule has 3 heteroatoms. The van der Waals surface area contributed by atoms with Crippen LogP contribution in [0.15, 0.2) is 24.3 Å². The van der Waals surface area contributed by atoms with E-state index >= 15 is 0 Å². The molecular formula is C16H24N2O. The smallest absolute Gasteiger partial charge is 0.223 e. The van der Waals surface area contributed by atoms with Gasteiger partial charge in [0.1, 0.15) is 0 Å². The number of carbonyl (C=O) groups is 1. The van der Waals surface area contributed by atoms with E-state index in [9.17, 15) is 4.79 Å². The highest BCUT2D eigenvalue weighted by molar-refractivity contribution is 5.79. The molecule has 0 spiro atoms. The Kier molecular flexibility index (Phi) is 4.59. The number of aryl methyl sites for hydroxylation is 1. The third-order valence-electron chi connectivity index (χ3n) is 3.93. The van der Waals surface area contributed by atoms with Crippen molar-refractivity contribution in [2.45, 2.75) is 45.7 Å². The fourth-order valence-electron chi connectivity index (χ4n) is 2.64. The van der Waals surface area contributed by atoms with E-state index in [2.05, 4.69) is 48.7 Å². The van der Waals surface area contributed by atoms with Crippen molar-refractivity contribution in [1.29, 1.82) is 0 Å². The Bertz CT molecular complexity index is 427. The molecule has 1 heterocycles. The van der Waals surface area contributed by atoms with E-state index in [1.807, 2.05) is 6.92 Å². The SMILES string of the molecule is Cc1ccc([C@@H](C)NC(=O)C2CCNC(C)C2)cc1. The van der Waals surface area contributed by atoms with Crippen LogP contribution in [-0.4, -0.2) is 18.5 Å². The summed E-state index contributed by atoms with van der Waals surface area (Å²) in [4.78, 5) is 12.3. The zero-order valence-corrected chi connectivity index (χ0v) is 12.1. The van der Waals surface area contributed by atoms with Crippen LogP contribution in [0.3, 0.4) is 0 Å². The van der Waals surface area contributed by atoms with Crippen LogP contribution in [0.5, 0.6) is 0 Å². The molecule has 1 aliphatic heterocycles. The van der Waals surface area contributed by atoms with E-state index in [-0.39, 0.29) is 17.9 Å². The predicted molar refractivity (Wildman–Crippen MR) is 77.9 cm³/mol. The maximum Gasteiger partial charge on any atom is 0.223 e. The van der Waals surface area contributed by atoms with Gasteiger partial charge in [0, 0.05) is 12.0 Å². The number of hydrogen-bond acceptors (Lipinski definition) is 2. The first-order chi connectivity index (χ1) is 9.06. The molecule has 0 aliphatic carbocycles. The van der Waals surface area contributed by atoms with Gasteiger partial charge in [0.15, 0.2) is 0 Å². The molecule has 2 N–H and O–H groups in total. The first kappa shape index (κ1) is 14.1. The van der Waals surface area contributed by atoms with Gasteiger partial charge in [-0.1, -0.05) is 29.8 Å². The Morgan fingerprint density at radius 2 is 2.05 bits per heavy atom. The molecule has 1 aromatic carbocycles. The van der Waals surface area contributed by atoms with Crippen LogP contribution in [0.25, 0.3) is 0 Å². The topological polar surface area (TPSA) is 41.1 Å². The predicted octanol–water partition coefficient (Wildman–Crippen LogP) is 2.56. The summed E-state index contributed by atoms with van der Waals surface area (Å²) in [5, 5.41) is 6.52. The van der Waals surface area contributed by atoms with E-state index in [0.717, 1.165) is 19.4 Å². The van der Waals surface area contributed by atoms with Crippen LogP contribution in [0.1, 0.15) is 43.9 Å². The Morgan fingerprint density at radius 3 is 2.68 bits per heavy atom. The highest BCUT2D eigenvalue weighted by atomic mass is 16.1. The van der Waals surface area contributed by atoms with E-state index in [0.29, 0.717) is 6.04 Å². The van der Waals surface area contributed by atoms with Crippen LogP contribution in [-0.2, 0) is 4.79 Å². The monoisotopic (exact) mass is 260 g/mol. The standard InChI is InChI=1S/C16H24N2O/c1-11-4-6-14(7-5-11)13(3)18-16(19)15-8-9-17-12(2)10-15/h4-7,12-13,15,17H,8-10H2,1-3H3,(H,18,19)/t12?,13-,15?/m1/s1. The van der Waals surface area contributed by atoms with E-state index < -0.39 is 0 Å². The average Bonchev–Trinajstić information content (AvgIpc) is 2.39. The molecule has 3 nitrogen and oxygen atoms in total. The van der Waals surface area contributed by atoms with Crippen molar-refractivity contribution in [3.05, 3.63) is 35.4 Å². The summed E-state index contributed by atoms with van der Waals surface area (Å²) in [5.74, 6) is 0.352. The van der Waals surface area contributed by atoms with Crippen molar-refractivity contribution in [2.75, 3.05) is 6.54 Å². The first-order valence-electron chi connectivity index (χ1n) is 7.16. The molecule has 1 amide bonds. The molecule has 1 aromatic rings. The zero-order chi connectivity index (χ0) is 13.8. The van der Waals surface area contributed by atoms with Gasteiger partial charge in [-0.05, 0) is 45.7 Å². The lowest BCUT2D eigenvalue weighted by atomic mass is 9.92. The van der Waals surface area contributed by atoms with Crippen molar-refractivity contribution < 1.29 is 4.79 Å². The number of nitrogens with one attached hydrogen (secondary N) is 2. The third kappa shape index (κ3) is 3.80. The van der Waals surface area contributed by atoms with Crippen LogP contribution in [0, 0.1) is 12.8 Å². The molecule has 1 saturated heterocycles. The average molecular weight is 260 g/mol. The lowest BCUT2D eigenvalue weighted by Gasteiger charge is -2.28. The molecule has 0 saturated carbocycles. The molecule has 1 fully saturated rings. The van der Waals surface area contributed by atoms with Gasteiger partial charge in [-0.15, -0.1) is 0 Å². The fraction of sp³-hybridized carbons (Fsp3) is 0.562. The van der Waals surface area contributed by atoms with Gasteiger partial charge < -0.3 is 10.6 Å². The van der Waals surface area contributed by atoms with Gasteiger partial charge in [-0.2, -0.15) is 0 Å². The normalized spacial score (nSPS) is 24.8. The van der Waals surface area contributed by atoms with Crippen LogP contribution < -0.4 is 10.6 Å². The maximum absolute atomic E-state index is 12.3. The number of amides is 1. The third-order valence-corrected chi connectivity index (χ3v) is 3.93. The van der Waals surface area contributed by atoms with Gasteiger partial charge in [0.2, 0.25) is 5.91 Å². The Balaban J connectivity index is 1.92. The molecule has 0 aromatic heterocycles. The molecule has 2 rings (SSSR count). The van der Waals surface area contributed by atoms with Gasteiger partial charge >= 0.3 is 0 Å². The maximum atomic E-state index is 12.3. The quantitative estimate of drug-likeness (QED) is 0.877. The van der Waals surface area contributed by atoms with Crippen molar-refractivity contribution in [1.82, 2.24) is 10.6 Å². The summed E-state index contributed by atoms with van der Waals surface area (Å²) in [6.07, 6.45) is 1.88. The Hall–Kier alpha value is -1.35. The second-order valence-corrected chi connectivity index (χ2v) is 5.72. The van der Waals surface area contributed by atoms with Crippen molar-refractivity contribution in [3.8, 4) is 0 Å². The molecule has 1 aliphatic rings. The molecule has 3 atom stereocenters. The van der Waals surface area contributed by atoms with Crippen molar-refractivity contribution >= 4 is 5.91 Å². The zero-order valence-electron chi connectivity index (χ0n) is 12.1. The van der Waals surface area contributed by atoms with Gasteiger partial charge in [-0.25, -0.2) is 0 Å². The molecular weight excluding hydrogens is 236 g/mol. The molecule has 0 radical (unpaired) electrons. The molecule has 19 heavy (non-hydrogen) atoms. The minimum Gasteiger partial charge on any atom is -0.349 e. The summed E-state index contributed by atoms with van der Waals surface area (Å²) < 4.78 is 0. The van der Waals surface area contributed by atoms with E-state index in [4.69, 9.17) is 0 Å².